The summed E-state index contributed by atoms with van der Waals surface area (Å²) in [5.74, 6) is 0. The average Bonchev–Trinajstić information content (AvgIpc) is 2.75. The molecule has 0 radical (unpaired) electrons. The Morgan fingerprint density at radius 1 is 1.44 bits per heavy atom. The SMILES string of the molecule is CCCCN(C)S(=O)(=O)N1CCCC1CNC.Cl. The molecule has 0 saturated carbocycles. The largest absolute Gasteiger partial charge is 0.318 e. The smallest absolute Gasteiger partial charge is 0.282 e. The summed E-state index contributed by atoms with van der Waals surface area (Å²) in [5, 5.41) is 3.07. The van der Waals surface area contributed by atoms with Crippen LogP contribution >= 0.6 is 12.4 Å². The molecule has 1 atom stereocenters. The fourth-order valence-electron chi connectivity index (χ4n) is 2.23. The average molecular weight is 300 g/mol. The minimum atomic E-state index is -3.26. The van der Waals surface area contributed by atoms with Gasteiger partial charge in [-0.3, -0.25) is 0 Å². The number of rotatable bonds is 7. The van der Waals surface area contributed by atoms with E-state index < -0.39 is 10.2 Å². The first kappa shape index (κ1) is 18.1. The Bertz CT molecular complexity index is 324. The zero-order chi connectivity index (χ0) is 12.9. The quantitative estimate of drug-likeness (QED) is 0.765. The number of unbranched alkanes of at least 4 members (excludes halogenated alkanes) is 1. The van der Waals surface area contributed by atoms with Crippen molar-refractivity contribution in [3.63, 3.8) is 0 Å². The maximum Gasteiger partial charge on any atom is 0.282 e. The van der Waals surface area contributed by atoms with E-state index in [4.69, 9.17) is 0 Å². The second kappa shape index (κ2) is 8.32. The van der Waals surface area contributed by atoms with Gasteiger partial charge in [0.05, 0.1) is 0 Å². The van der Waals surface area contributed by atoms with Crippen LogP contribution in [0.1, 0.15) is 32.6 Å². The predicted molar refractivity (Wildman–Crippen MR) is 77.4 cm³/mol. The summed E-state index contributed by atoms with van der Waals surface area (Å²) in [6.45, 7) is 4.08. The Morgan fingerprint density at radius 3 is 2.67 bits per heavy atom. The minimum Gasteiger partial charge on any atom is -0.318 e. The Morgan fingerprint density at radius 2 is 2.11 bits per heavy atom. The van der Waals surface area contributed by atoms with E-state index in [9.17, 15) is 8.42 Å². The predicted octanol–water partition coefficient (Wildman–Crippen LogP) is 1.07. The molecular weight excluding hydrogens is 274 g/mol. The molecule has 1 aliphatic heterocycles. The van der Waals surface area contributed by atoms with Gasteiger partial charge in [-0.15, -0.1) is 12.4 Å². The highest BCUT2D eigenvalue weighted by molar-refractivity contribution is 7.86. The third kappa shape index (κ3) is 4.35. The molecule has 5 nitrogen and oxygen atoms in total. The van der Waals surface area contributed by atoms with Gasteiger partial charge in [-0.1, -0.05) is 13.3 Å². The topological polar surface area (TPSA) is 52.7 Å². The Labute approximate surface area is 118 Å². The molecule has 1 heterocycles. The van der Waals surface area contributed by atoms with Crippen molar-refractivity contribution in [2.45, 2.75) is 38.6 Å². The molecule has 1 fully saturated rings. The summed E-state index contributed by atoms with van der Waals surface area (Å²) in [5.41, 5.74) is 0. The van der Waals surface area contributed by atoms with Gasteiger partial charge >= 0.3 is 0 Å². The van der Waals surface area contributed by atoms with Crippen LogP contribution in [0.5, 0.6) is 0 Å². The van der Waals surface area contributed by atoms with Crippen molar-refractivity contribution in [2.75, 3.05) is 33.7 Å². The number of nitrogens with zero attached hydrogens (tertiary/aromatic N) is 2. The Hall–Kier alpha value is 0.120. The number of hydrogen-bond donors (Lipinski definition) is 1. The molecule has 0 aromatic rings. The van der Waals surface area contributed by atoms with Crippen molar-refractivity contribution < 1.29 is 8.42 Å². The van der Waals surface area contributed by atoms with Gasteiger partial charge in [0.1, 0.15) is 0 Å². The highest BCUT2D eigenvalue weighted by Gasteiger charge is 2.35. The summed E-state index contributed by atoms with van der Waals surface area (Å²) in [7, 11) is 0.290. The molecule has 18 heavy (non-hydrogen) atoms. The minimum absolute atomic E-state index is 0. The Balaban J connectivity index is 0.00000289. The lowest BCUT2D eigenvalue weighted by molar-refractivity contribution is 0.336. The molecule has 1 rings (SSSR count). The standard InChI is InChI=1S/C11H25N3O2S.ClH/c1-4-5-8-13(3)17(15,16)14-9-6-7-11(14)10-12-2;/h11-12H,4-10H2,1-3H3;1H. The third-order valence-corrected chi connectivity index (χ3v) is 5.32. The van der Waals surface area contributed by atoms with Crippen LogP contribution in [0.15, 0.2) is 0 Å². The van der Waals surface area contributed by atoms with E-state index in [2.05, 4.69) is 12.2 Å². The van der Waals surface area contributed by atoms with Gasteiger partial charge in [-0.25, -0.2) is 0 Å². The monoisotopic (exact) mass is 299 g/mol. The molecule has 110 valence electrons. The summed E-state index contributed by atoms with van der Waals surface area (Å²) < 4.78 is 27.8. The van der Waals surface area contributed by atoms with Crippen molar-refractivity contribution in [1.29, 1.82) is 0 Å². The van der Waals surface area contributed by atoms with Crippen LogP contribution in [0.3, 0.4) is 0 Å². The van der Waals surface area contributed by atoms with E-state index >= 15 is 0 Å². The van der Waals surface area contributed by atoms with Gasteiger partial charge in [0.25, 0.3) is 10.2 Å². The summed E-state index contributed by atoms with van der Waals surface area (Å²) in [6.07, 6.45) is 3.86. The van der Waals surface area contributed by atoms with Crippen molar-refractivity contribution in [3.8, 4) is 0 Å². The lowest BCUT2D eigenvalue weighted by Gasteiger charge is -2.28. The van der Waals surface area contributed by atoms with Gasteiger partial charge < -0.3 is 5.32 Å². The van der Waals surface area contributed by atoms with E-state index in [0.29, 0.717) is 13.1 Å². The van der Waals surface area contributed by atoms with Crippen molar-refractivity contribution in [2.24, 2.45) is 0 Å². The number of halogens is 1. The first-order valence-electron chi connectivity index (χ1n) is 6.41. The summed E-state index contributed by atoms with van der Waals surface area (Å²) in [6, 6.07) is 0.120. The normalized spacial score (nSPS) is 21.2. The van der Waals surface area contributed by atoms with E-state index in [1.165, 1.54) is 4.31 Å². The van der Waals surface area contributed by atoms with E-state index in [1.54, 1.807) is 11.4 Å². The van der Waals surface area contributed by atoms with Crippen molar-refractivity contribution in [3.05, 3.63) is 0 Å². The van der Waals surface area contributed by atoms with Crippen LogP contribution in [-0.2, 0) is 10.2 Å². The van der Waals surface area contributed by atoms with Gasteiger partial charge in [-0.05, 0) is 26.3 Å². The fourth-order valence-corrected chi connectivity index (χ4v) is 3.86. The second-order valence-corrected chi connectivity index (χ2v) is 6.64. The summed E-state index contributed by atoms with van der Waals surface area (Å²) >= 11 is 0. The number of likely N-dealkylation sites (N-methyl/N-ethyl adjacent to an activating group) is 1. The van der Waals surface area contributed by atoms with E-state index in [0.717, 1.165) is 32.2 Å². The maximum absolute atomic E-state index is 12.3. The van der Waals surface area contributed by atoms with Crippen molar-refractivity contribution >= 4 is 22.6 Å². The van der Waals surface area contributed by atoms with Crippen LogP contribution in [-0.4, -0.2) is 56.8 Å². The first-order chi connectivity index (χ1) is 8.04. The molecule has 1 aliphatic rings. The van der Waals surface area contributed by atoms with Gasteiger partial charge in [-0.2, -0.15) is 17.0 Å². The van der Waals surface area contributed by atoms with E-state index in [1.807, 2.05) is 7.05 Å². The third-order valence-electron chi connectivity index (χ3n) is 3.28. The molecular formula is C11H26ClN3O2S. The van der Waals surface area contributed by atoms with Crippen LogP contribution < -0.4 is 5.32 Å². The van der Waals surface area contributed by atoms with Crippen molar-refractivity contribution in [1.82, 2.24) is 13.9 Å². The van der Waals surface area contributed by atoms with Crippen LogP contribution in [0.2, 0.25) is 0 Å². The van der Waals surface area contributed by atoms with E-state index in [-0.39, 0.29) is 18.4 Å². The fraction of sp³-hybridized carbons (Fsp3) is 1.00. The molecule has 0 aromatic heterocycles. The number of hydrogen-bond acceptors (Lipinski definition) is 3. The molecule has 0 aromatic carbocycles. The first-order valence-corrected chi connectivity index (χ1v) is 7.81. The Kier molecular flexibility index (Phi) is 8.38. The zero-order valence-electron chi connectivity index (χ0n) is 11.6. The lowest BCUT2D eigenvalue weighted by atomic mass is 10.2. The molecule has 0 spiro atoms. The second-order valence-electron chi connectivity index (χ2n) is 4.65. The molecule has 0 bridgehead atoms. The molecule has 0 amide bonds. The van der Waals surface area contributed by atoms with Crippen LogP contribution in [0, 0.1) is 0 Å². The molecule has 1 N–H and O–H groups in total. The highest BCUT2D eigenvalue weighted by Crippen LogP contribution is 2.22. The maximum atomic E-state index is 12.3. The zero-order valence-corrected chi connectivity index (χ0v) is 13.2. The summed E-state index contributed by atoms with van der Waals surface area (Å²) in [4.78, 5) is 0. The lowest BCUT2D eigenvalue weighted by Crippen LogP contribution is -2.47. The molecule has 0 aliphatic carbocycles. The van der Waals surface area contributed by atoms with Gasteiger partial charge in [0.2, 0.25) is 0 Å². The number of nitrogens with one attached hydrogen (secondary N) is 1. The molecule has 1 saturated heterocycles. The molecule has 7 heteroatoms. The highest BCUT2D eigenvalue weighted by atomic mass is 35.5. The van der Waals surface area contributed by atoms with Crippen LogP contribution in [0.25, 0.3) is 0 Å². The van der Waals surface area contributed by atoms with Gasteiger partial charge in [0, 0.05) is 32.7 Å². The van der Waals surface area contributed by atoms with Crippen LogP contribution in [0.4, 0.5) is 0 Å². The molecule has 1 unspecified atom stereocenters. The van der Waals surface area contributed by atoms with Gasteiger partial charge in [0.15, 0.2) is 0 Å².